The molecule has 0 bridgehead atoms. The van der Waals surface area contributed by atoms with Crippen molar-refractivity contribution in [1.29, 1.82) is 0 Å². The second-order valence-corrected chi connectivity index (χ2v) is 7.98. The fourth-order valence-corrected chi connectivity index (χ4v) is 3.79. The van der Waals surface area contributed by atoms with E-state index in [1.807, 2.05) is 48.8 Å². The lowest BCUT2D eigenvalue weighted by Crippen LogP contribution is -2.24. The van der Waals surface area contributed by atoms with Crippen LogP contribution in [0.1, 0.15) is 12.7 Å². The third-order valence-corrected chi connectivity index (χ3v) is 5.84. The highest BCUT2D eigenvalue weighted by molar-refractivity contribution is 8.01. The van der Waals surface area contributed by atoms with E-state index < -0.39 is 0 Å². The summed E-state index contributed by atoms with van der Waals surface area (Å²) >= 11 is 3.17. The van der Waals surface area contributed by atoms with Crippen molar-refractivity contribution in [3.63, 3.8) is 0 Å². The predicted molar refractivity (Wildman–Crippen MR) is 106 cm³/mol. The van der Waals surface area contributed by atoms with Crippen molar-refractivity contribution < 1.29 is 9.32 Å². The third-order valence-electron chi connectivity index (χ3n) is 3.71. The predicted octanol–water partition coefficient (Wildman–Crippen LogP) is 3.68. The highest BCUT2D eigenvalue weighted by Gasteiger charge is 2.11. The van der Waals surface area contributed by atoms with Gasteiger partial charge in [-0.05, 0) is 49.7 Å². The molecule has 1 amide bonds. The van der Waals surface area contributed by atoms with Gasteiger partial charge in [0.2, 0.25) is 5.91 Å². The lowest BCUT2D eigenvalue weighted by atomic mass is 10.2. The largest absolute Gasteiger partial charge is 0.334 e. The molecule has 0 saturated carbocycles. The van der Waals surface area contributed by atoms with Crippen molar-refractivity contribution in [1.82, 2.24) is 15.5 Å². The fraction of sp³-hybridized carbons (Fsp3) is 0.278. The Morgan fingerprint density at radius 1 is 1.31 bits per heavy atom. The Morgan fingerprint density at radius 3 is 2.81 bits per heavy atom. The van der Waals surface area contributed by atoms with Crippen molar-refractivity contribution in [3.05, 3.63) is 47.6 Å². The fourth-order valence-electron chi connectivity index (χ4n) is 2.21. The van der Waals surface area contributed by atoms with Crippen LogP contribution in [0.2, 0.25) is 0 Å². The summed E-state index contributed by atoms with van der Waals surface area (Å²) in [6.07, 6.45) is 0.704. The number of rotatable bonds is 8. The first-order valence-corrected chi connectivity index (χ1v) is 10.1. The number of hydrogen-bond acceptors (Lipinski definition) is 7. The molecular weight excluding hydrogens is 368 g/mol. The van der Waals surface area contributed by atoms with Crippen LogP contribution in [-0.2, 0) is 11.2 Å². The van der Waals surface area contributed by atoms with Crippen molar-refractivity contribution in [2.24, 2.45) is 0 Å². The number of anilines is 1. The maximum absolute atomic E-state index is 12.0. The number of thioether (sulfide) groups is 1. The Morgan fingerprint density at radius 2 is 2.12 bits per heavy atom. The molecule has 8 heteroatoms. The van der Waals surface area contributed by atoms with E-state index in [9.17, 15) is 4.79 Å². The normalized spacial score (nSPS) is 12.1. The molecule has 3 rings (SSSR count). The topological polar surface area (TPSA) is 80.0 Å². The molecule has 3 aromatic rings. The van der Waals surface area contributed by atoms with E-state index in [-0.39, 0.29) is 11.9 Å². The molecule has 2 heterocycles. The minimum atomic E-state index is -0.0303. The molecule has 0 fully saturated rings. The maximum atomic E-state index is 12.0. The standard InChI is InChI=1S/C18H20N4O2S2/c1-12(19-2)10-15-21-18(24-22-15)13-5-7-14(8-6-13)20-16(23)11-26-17-4-3-9-25-17/h3-9,12,19H,10-11H2,1-2H3,(H,20,23). The van der Waals surface area contributed by atoms with Crippen LogP contribution >= 0.6 is 23.1 Å². The summed E-state index contributed by atoms with van der Waals surface area (Å²) in [6.45, 7) is 2.06. The summed E-state index contributed by atoms with van der Waals surface area (Å²) in [5, 5.41) is 12.0. The van der Waals surface area contributed by atoms with E-state index in [2.05, 4.69) is 27.7 Å². The van der Waals surface area contributed by atoms with Crippen LogP contribution in [0.3, 0.4) is 0 Å². The summed E-state index contributed by atoms with van der Waals surface area (Å²) in [5.41, 5.74) is 1.57. The van der Waals surface area contributed by atoms with Crippen LogP contribution in [0.25, 0.3) is 11.5 Å². The number of nitrogens with zero attached hydrogens (tertiary/aromatic N) is 2. The number of aromatic nitrogens is 2. The minimum absolute atomic E-state index is 0.0303. The van der Waals surface area contributed by atoms with Crippen molar-refractivity contribution in [2.45, 2.75) is 23.6 Å². The number of benzene rings is 1. The Hall–Kier alpha value is -2.16. The van der Waals surface area contributed by atoms with Gasteiger partial charge in [0.25, 0.3) is 5.89 Å². The van der Waals surface area contributed by atoms with Gasteiger partial charge in [-0.2, -0.15) is 4.98 Å². The first-order chi connectivity index (χ1) is 12.6. The molecule has 1 aromatic carbocycles. The van der Waals surface area contributed by atoms with Gasteiger partial charge in [0, 0.05) is 23.7 Å². The van der Waals surface area contributed by atoms with Gasteiger partial charge in [-0.3, -0.25) is 4.79 Å². The number of nitrogens with one attached hydrogen (secondary N) is 2. The van der Waals surface area contributed by atoms with E-state index in [4.69, 9.17) is 4.52 Å². The quantitative estimate of drug-likeness (QED) is 0.573. The molecule has 0 aliphatic rings. The van der Waals surface area contributed by atoms with Gasteiger partial charge in [0.1, 0.15) is 0 Å². The summed E-state index contributed by atoms with van der Waals surface area (Å²) < 4.78 is 6.45. The zero-order valence-corrected chi connectivity index (χ0v) is 16.2. The van der Waals surface area contributed by atoms with Gasteiger partial charge in [0.05, 0.1) is 9.96 Å². The average Bonchev–Trinajstić information content (AvgIpc) is 3.32. The van der Waals surface area contributed by atoms with Crippen molar-refractivity contribution in [3.8, 4) is 11.5 Å². The molecule has 0 radical (unpaired) electrons. The summed E-state index contributed by atoms with van der Waals surface area (Å²) in [7, 11) is 1.90. The molecular formula is C18H20N4O2S2. The number of amides is 1. The number of hydrogen-bond donors (Lipinski definition) is 2. The SMILES string of the molecule is CNC(C)Cc1noc(-c2ccc(NC(=O)CSc3cccs3)cc2)n1. The molecule has 136 valence electrons. The highest BCUT2D eigenvalue weighted by Crippen LogP contribution is 2.24. The van der Waals surface area contributed by atoms with Crippen LogP contribution in [0.5, 0.6) is 0 Å². The Balaban J connectivity index is 1.55. The Labute approximate surface area is 160 Å². The second-order valence-electron chi connectivity index (χ2n) is 5.76. The average molecular weight is 389 g/mol. The molecule has 2 aromatic heterocycles. The van der Waals surface area contributed by atoms with Crippen LogP contribution in [0, 0.1) is 0 Å². The summed E-state index contributed by atoms with van der Waals surface area (Å²) in [6, 6.07) is 11.7. The van der Waals surface area contributed by atoms with Crippen molar-refractivity contribution >= 4 is 34.7 Å². The summed E-state index contributed by atoms with van der Waals surface area (Å²) in [5.74, 6) is 1.51. The van der Waals surface area contributed by atoms with E-state index in [1.165, 1.54) is 11.8 Å². The maximum Gasteiger partial charge on any atom is 0.257 e. The van der Waals surface area contributed by atoms with Crippen LogP contribution < -0.4 is 10.6 Å². The first-order valence-electron chi connectivity index (χ1n) is 8.20. The molecule has 1 unspecified atom stereocenters. The van der Waals surface area contributed by atoms with E-state index in [0.717, 1.165) is 15.5 Å². The Bertz CT molecular complexity index is 831. The van der Waals surface area contributed by atoms with Gasteiger partial charge in [-0.25, -0.2) is 0 Å². The minimum Gasteiger partial charge on any atom is -0.334 e. The molecule has 0 aliphatic heterocycles. The third kappa shape index (κ3) is 5.17. The van der Waals surface area contributed by atoms with Gasteiger partial charge in [0.15, 0.2) is 5.82 Å². The van der Waals surface area contributed by atoms with E-state index >= 15 is 0 Å². The molecule has 0 aliphatic carbocycles. The smallest absolute Gasteiger partial charge is 0.257 e. The lowest BCUT2D eigenvalue weighted by Gasteiger charge is -2.05. The van der Waals surface area contributed by atoms with Gasteiger partial charge < -0.3 is 15.2 Å². The molecule has 0 spiro atoms. The molecule has 26 heavy (non-hydrogen) atoms. The molecule has 2 N–H and O–H groups in total. The summed E-state index contributed by atoms with van der Waals surface area (Å²) in [4.78, 5) is 16.4. The second kappa shape index (κ2) is 8.98. The molecule has 0 saturated heterocycles. The monoisotopic (exact) mass is 388 g/mol. The van der Waals surface area contributed by atoms with Gasteiger partial charge in [-0.15, -0.1) is 23.1 Å². The first kappa shape index (κ1) is 18.6. The number of likely N-dealkylation sites (N-methyl/N-ethyl adjacent to an activating group) is 1. The molecule has 1 atom stereocenters. The van der Waals surface area contributed by atoms with Crippen LogP contribution in [0.4, 0.5) is 5.69 Å². The Kier molecular flexibility index (Phi) is 6.43. The number of carbonyl (C=O) groups is 1. The zero-order chi connectivity index (χ0) is 18.4. The molecule has 6 nitrogen and oxygen atoms in total. The number of thiophene rings is 1. The van der Waals surface area contributed by atoms with Gasteiger partial charge >= 0.3 is 0 Å². The van der Waals surface area contributed by atoms with Crippen molar-refractivity contribution in [2.75, 3.05) is 18.1 Å². The lowest BCUT2D eigenvalue weighted by molar-refractivity contribution is -0.113. The van der Waals surface area contributed by atoms with Gasteiger partial charge in [-0.1, -0.05) is 11.2 Å². The number of carbonyl (C=O) groups excluding carboxylic acids is 1. The highest BCUT2D eigenvalue weighted by atomic mass is 32.2. The van der Waals surface area contributed by atoms with Crippen LogP contribution in [0.15, 0.2) is 50.5 Å². The van der Waals surface area contributed by atoms with E-state index in [1.54, 1.807) is 11.3 Å². The van der Waals surface area contributed by atoms with E-state index in [0.29, 0.717) is 23.9 Å². The van der Waals surface area contributed by atoms with Crippen LogP contribution in [-0.4, -0.2) is 34.9 Å². The zero-order valence-electron chi connectivity index (χ0n) is 14.6.